The largest absolute Gasteiger partial charge is 0.351 e. The van der Waals surface area contributed by atoms with Gasteiger partial charge in [-0.05, 0) is 48.9 Å². The first kappa shape index (κ1) is 19.3. The summed E-state index contributed by atoms with van der Waals surface area (Å²) < 4.78 is 49.9. The van der Waals surface area contributed by atoms with Gasteiger partial charge in [0.25, 0.3) is 0 Å². The SMILES string of the molecule is CCN(CC(=O)NC1CCS(=O)(=O)C1)S(=O)(=O)c1ccc2c(c1)CCC2. The van der Waals surface area contributed by atoms with E-state index in [1.807, 2.05) is 6.07 Å². The average molecular weight is 401 g/mol. The van der Waals surface area contributed by atoms with Crippen molar-refractivity contribution in [2.45, 2.75) is 43.5 Å². The van der Waals surface area contributed by atoms with Crippen LogP contribution in [0.25, 0.3) is 0 Å². The highest BCUT2D eigenvalue weighted by Crippen LogP contribution is 2.26. The Morgan fingerprint density at radius 3 is 2.65 bits per heavy atom. The molecule has 0 aromatic heterocycles. The van der Waals surface area contributed by atoms with Gasteiger partial charge in [0.1, 0.15) is 0 Å². The van der Waals surface area contributed by atoms with Crippen LogP contribution in [0.3, 0.4) is 0 Å². The topological polar surface area (TPSA) is 101 Å². The molecule has 0 spiro atoms. The van der Waals surface area contributed by atoms with E-state index in [0.29, 0.717) is 6.42 Å². The highest BCUT2D eigenvalue weighted by Gasteiger charge is 2.31. The summed E-state index contributed by atoms with van der Waals surface area (Å²) in [7, 11) is -6.87. The van der Waals surface area contributed by atoms with Crippen LogP contribution < -0.4 is 5.32 Å². The fourth-order valence-electron chi connectivity index (χ4n) is 3.57. The molecule has 26 heavy (non-hydrogen) atoms. The third-order valence-corrected chi connectivity index (χ3v) is 8.66. The number of carbonyl (C=O) groups excluding carboxylic acids is 1. The molecular weight excluding hydrogens is 376 g/mol. The first-order valence-electron chi connectivity index (χ1n) is 8.83. The van der Waals surface area contributed by atoms with Gasteiger partial charge in [0.2, 0.25) is 15.9 Å². The van der Waals surface area contributed by atoms with Crippen LogP contribution >= 0.6 is 0 Å². The van der Waals surface area contributed by atoms with Gasteiger partial charge in [0.15, 0.2) is 9.84 Å². The van der Waals surface area contributed by atoms with Crippen LogP contribution in [-0.4, -0.2) is 57.7 Å². The van der Waals surface area contributed by atoms with E-state index in [2.05, 4.69) is 5.32 Å². The van der Waals surface area contributed by atoms with Crippen molar-refractivity contribution in [3.63, 3.8) is 0 Å². The lowest BCUT2D eigenvalue weighted by Crippen LogP contribution is -2.44. The number of rotatable bonds is 6. The molecule has 1 aliphatic carbocycles. The molecule has 9 heteroatoms. The minimum atomic E-state index is -3.77. The first-order chi connectivity index (χ1) is 12.2. The van der Waals surface area contributed by atoms with Crippen LogP contribution in [0, 0.1) is 0 Å². The second-order valence-electron chi connectivity index (χ2n) is 6.88. The number of aryl methyl sites for hydroxylation is 2. The zero-order chi connectivity index (χ0) is 18.9. The fraction of sp³-hybridized carbons (Fsp3) is 0.588. The first-order valence-corrected chi connectivity index (χ1v) is 12.1. The van der Waals surface area contributed by atoms with Crippen molar-refractivity contribution >= 4 is 25.8 Å². The lowest BCUT2D eigenvalue weighted by molar-refractivity contribution is -0.121. The Hall–Kier alpha value is -1.45. The zero-order valence-electron chi connectivity index (χ0n) is 14.8. The van der Waals surface area contributed by atoms with E-state index in [1.54, 1.807) is 19.1 Å². The minimum absolute atomic E-state index is 0.0584. The Labute approximate surface area is 154 Å². The van der Waals surface area contributed by atoms with Crippen molar-refractivity contribution < 1.29 is 21.6 Å². The van der Waals surface area contributed by atoms with Gasteiger partial charge in [-0.1, -0.05) is 13.0 Å². The number of fused-ring (bicyclic) bond motifs is 1. The smallest absolute Gasteiger partial charge is 0.243 e. The number of likely N-dealkylation sites (N-methyl/N-ethyl adjacent to an activating group) is 1. The van der Waals surface area contributed by atoms with E-state index >= 15 is 0 Å². The Morgan fingerprint density at radius 2 is 2.00 bits per heavy atom. The van der Waals surface area contributed by atoms with Gasteiger partial charge in [-0.15, -0.1) is 0 Å². The lowest BCUT2D eigenvalue weighted by atomic mass is 10.1. The van der Waals surface area contributed by atoms with Crippen LogP contribution in [0.15, 0.2) is 23.1 Å². The van der Waals surface area contributed by atoms with Gasteiger partial charge in [-0.3, -0.25) is 4.79 Å². The number of nitrogens with one attached hydrogen (secondary N) is 1. The molecule has 0 bridgehead atoms. The molecule has 0 radical (unpaired) electrons. The molecule has 1 atom stereocenters. The van der Waals surface area contributed by atoms with Crippen LogP contribution in [-0.2, 0) is 37.5 Å². The van der Waals surface area contributed by atoms with E-state index < -0.39 is 31.8 Å². The maximum atomic E-state index is 12.9. The summed E-state index contributed by atoms with van der Waals surface area (Å²) in [5.74, 6) is -0.496. The highest BCUT2D eigenvalue weighted by molar-refractivity contribution is 7.91. The number of carbonyl (C=O) groups is 1. The molecule has 0 saturated carbocycles. The summed E-state index contributed by atoms with van der Waals surface area (Å²) in [6, 6.07) is 4.73. The summed E-state index contributed by atoms with van der Waals surface area (Å²) in [6.45, 7) is 1.53. The van der Waals surface area contributed by atoms with E-state index in [9.17, 15) is 21.6 Å². The summed E-state index contributed by atoms with van der Waals surface area (Å²) in [6.07, 6.45) is 3.25. The normalized spacial score (nSPS) is 21.7. The Balaban J connectivity index is 1.70. The van der Waals surface area contributed by atoms with Gasteiger partial charge >= 0.3 is 0 Å². The van der Waals surface area contributed by atoms with Crippen molar-refractivity contribution in [2.75, 3.05) is 24.6 Å². The third-order valence-electron chi connectivity index (χ3n) is 4.98. The number of nitrogens with zero attached hydrogens (tertiary/aromatic N) is 1. The van der Waals surface area contributed by atoms with Crippen molar-refractivity contribution in [1.29, 1.82) is 0 Å². The number of benzene rings is 1. The lowest BCUT2D eigenvalue weighted by Gasteiger charge is -2.21. The van der Waals surface area contributed by atoms with Crippen molar-refractivity contribution in [3.8, 4) is 0 Å². The number of amides is 1. The number of sulfonamides is 1. The van der Waals surface area contributed by atoms with E-state index in [4.69, 9.17) is 0 Å². The monoisotopic (exact) mass is 400 g/mol. The molecule has 1 fully saturated rings. The van der Waals surface area contributed by atoms with Gasteiger partial charge in [-0.2, -0.15) is 4.31 Å². The highest BCUT2D eigenvalue weighted by atomic mass is 32.2. The molecule has 1 saturated heterocycles. The van der Waals surface area contributed by atoms with Gasteiger partial charge in [0, 0.05) is 12.6 Å². The van der Waals surface area contributed by atoms with Gasteiger partial charge in [-0.25, -0.2) is 16.8 Å². The predicted molar refractivity (Wildman–Crippen MR) is 98.1 cm³/mol. The van der Waals surface area contributed by atoms with E-state index in [-0.39, 0.29) is 29.5 Å². The predicted octanol–water partition coefficient (Wildman–Crippen LogP) is 0.489. The Bertz CT molecular complexity index is 909. The number of hydrogen-bond acceptors (Lipinski definition) is 5. The zero-order valence-corrected chi connectivity index (χ0v) is 16.4. The molecule has 1 aromatic carbocycles. The molecule has 1 aromatic rings. The standard InChI is InChI=1S/C17H24N2O5S2/c1-2-19(11-17(20)18-15-8-9-25(21,22)12-15)26(23,24)16-7-6-13-4-3-5-14(13)10-16/h6-7,10,15H,2-5,8-9,11-12H2,1H3,(H,18,20). The van der Waals surface area contributed by atoms with Crippen LogP contribution in [0.2, 0.25) is 0 Å². The average Bonchev–Trinajstić information content (AvgIpc) is 3.17. The molecule has 3 rings (SSSR count). The molecule has 1 heterocycles. The molecule has 144 valence electrons. The molecule has 2 aliphatic rings. The third kappa shape index (κ3) is 4.10. The molecular formula is C17H24N2O5S2. The summed E-state index contributed by atoms with van der Waals surface area (Å²) >= 11 is 0. The van der Waals surface area contributed by atoms with Crippen molar-refractivity contribution in [1.82, 2.24) is 9.62 Å². The molecule has 1 amide bonds. The number of hydrogen-bond donors (Lipinski definition) is 1. The quantitative estimate of drug-likeness (QED) is 0.749. The summed E-state index contributed by atoms with van der Waals surface area (Å²) in [4.78, 5) is 12.4. The maximum Gasteiger partial charge on any atom is 0.243 e. The Morgan fingerprint density at radius 1 is 1.27 bits per heavy atom. The second kappa shape index (κ2) is 7.28. The van der Waals surface area contributed by atoms with E-state index in [0.717, 1.165) is 29.1 Å². The van der Waals surface area contributed by atoms with Crippen LogP contribution in [0.5, 0.6) is 0 Å². The number of sulfone groups is 1. The Kier molecular flexibility index (Phi) is 5.41. The molecule has 1 unspecified atom stereocenters. The summed E-state index contributed by atoms with van der Waals surface area (Å²) in [5, 5.41) is 2.64. The molecule has 7 nitrogen and oxygen atoms in total. The van der Waals surface area contributed by atoms with Gasteiger partial charge < -0.3 is 5.32 Å². The molecule has 1 N–H and O–H groups in total. The van der Waals surface area contributed by atoms with Crippen LogP contribution in [0.1, 0.15) is 30.9 Å². The van der Waals surface area contributed by atoms with Crippen LogP contribution in [0.4, 0.5) is 0 Å². The fourth-order valence-corrected chi connectivity index (χ4v) is 6.70. The van der Waals surface area contributed by atoms with Gasteiger partial charge in [0.05, 0.1) is 22.9 Å². The second-order valence-corrected chi connectivity index (χ2v) is 11.0. The minimum Gasteiger partial charge on any atom is -0.351 e. The summed E-state index contributed by atoms with van der Waals surface area (Å²) in [5.41, 5.74) is 2.25. The van der Waals surface area contributed by atoms with Crippen molar-refractivity contribution in [3.05, 3.63) is 29.3 Å². The van der Waals surface area contributed by atoms with E-state index in [1.165, 1.54) is 5.56 Å². The van der Waals surface area contributed by atoms with Crippen molar-refractivity contribution in [2.24, 2.45) is 0 Å². The maximum absolute atomic E-state index is 12.9. The molecule has 1 aliphatic heterocycles.